The number of fused-ring (bicyclic) bond motifs is 1. The molecule has 1 atom stereocenters. The van der Waals surface area contributed by atoms with E-state index in [4.69, 9.17) is 9.47 Å². The number of carboxylic acid groups (broad SMARTS) is 1. The number of para-hydroxylation sites is 1. The average Bonchev–Trinajstić information content (AvgIpc) is 2.17. The summed E-state index contributed by atoms with van der Waals surface area (Å²) < 4.78 is 9.89. The van der Waals surface area contributed by atoms with Crippen LogP contribution in [0.2, 0.25) is 0 Å². The van der Waals surface area contributed by atoms with Crippen LogP contribution in [0.3, 0.4) is 0 Å². The van der Waals surface area contributed by atoms with Gasteiger partial charge >= 0.3 is 0 Å². The van der Waals surface area contributed by atoms with Crippen LogP contribution in [0.4, 0.5) is 0 Å². The highest BCUT2D eigenvalue weighted by Gasteiger charge is 2.20. The summed E-state index contributed by atoms with van der Waals surface area (Å²) in [7, 11) is 0. The Kier molecular flexibility index (Phi) is 1.90. The zero-order valence-electron chi connectivity index (χ0n) is 6.73. The normalized spacial score (nSPS) is 20.2. The molecule has 1 aromatic carbocycles. The van der Waals surface area contributed by atoms with Crippen LogP contribution in [0.25, 0.3) is 0 Å². The fraction of sp³-hybridized carbons (Fsp3) is 0.222. The number of benzene rings is 1. The number of rotatable bonds is 1. The molecule has 68 valence electrons. The van der Waals surface area contributed by atoms with Crippen LogP contribution in [0, 0.1) is 0 Å². The second-order valence-corrected chi connectivity index (χ2v) is 2.69. The van der Waals surface area contributed by atoms with Gasteiger partial charge in [0.1, 0.15) is 11.7 Å². The number of carbonyl (C=O) groups excluding carboxylic acids is 1. The number of hydrogen-bond acceptors (Lipinski definition) is 4. The molecule has 0 amide bonds. The lowest BCUT2D eigenvalue weighted by Gasteiger charge is -2.26. The van der Waals surface area contributed by atoms with Gasteiger partial charge in [0.15, 0.2) is 0 Å². The predicted octanol–water partition coefficient (Wildman–Crippen LogP) is -0.328. The summed E-state index contributed by atoms with van der Waals surface area (Å²) in [4.78, 5) is 10.4. The van der Waals surface area contributed by atoms with E-state index in [1.165, 1.54) is 0 Å². The van der Waals surface area contributed by atoms with Crippen LogP contribution in [-0.2, 0) is 16.1 Å². The molecule has 0 spiro atoms. The number of hydrogen-bond donors (Lipinski definition) is 0. The summed E-state index contributed by atoms with van der Waals surface area (Å²) in [6, 6.07) is 7.13. The lowest BCUT2D eigenvalue weighted by molar-refractivity contribution is -0.330. The quantitative estimate of drug-likeness (QED) is 0.592. The fourth-order valence-corrected chi connectivity index (χ4v) is 1.17. The van der Waals surface area contributed by atoms with Crippen molar-refractivity contribution in [1.82, 2.24) is 0 Å². The van der Waals surface area contributed by atoms with Gasteiger partial charge in [-0.2, -0.15) is 0 Å². The van der Waals surface area contributed by atoms with Crippen molar-refractivity contribution >= 4 is 5.97 Å². The SMILES string of the molecule is O=C([O-])C1OCc2ccccc2O1. The molecule has 0 N–H and O–H groups in total. The van der Waals surface area contributed by atoms with Gasteiger partial charge in [-0.1, -0.05) is 18.2 Å². The zero-order chi connectivity index (χ0) is 9.26. The molecule has 1 unspecified atom stereocenters. The van der Waals surface area contributed by atoms with Crippen molar-refractivity contribution in [1.29, 1.82) is 0 Å². The van der Waals surface area contributed by atoms with Crippen molar-refractivity contribution in [2.45, 2.75) is 12.9 Å². The van der Waals surface area contributed by atoms with Crippen molar-refractivity contribution < 1.29 is 19.4 Å². The van der Waals surface area contributed by atoms with Crippen LogP contribution in [0.5, 0.6) is 5.75 Å². The molecular formula is C9H7O4-. The van der Waals surface area contributed by atoms with E-state index in [0.717, 1.165) is 5.56 Å². The lowest BCUT2D eigenvalue weighted by Crippen LogP contribution is -2.43. The van der Waals surface area contributed by atoms with Crippen molar-refractivity contribution in [3.05, 3.63) is 29.8 Å². The van der Waals surface area contributed by atoms with Crippen LogP contribution < -0.4 is 9.84 Å². The van der Waals surface area contributed by atoms with Crippen LogP contribution >= 0.6 is 0 Å². The maximum atomic E-state index is 10.4. The molecule has 0 bridgehead atoms. The summed E-state index contributed by atoms with van der Waals surface area (Å²) in [5, 5.41) is 10.4. The van der Waals surface area contributed by atoms with Crippen molar-refractivity contribution in [3.8, 4) is 5.75 Å². The van der Waals surface area contributed by atoms with Gasteiger partial charge < -0.3 is 19.4 Å². The molecule has 0 radical (unpaired) electrons. The molecule has 0 saturated carbocycles. The highest BCUT2D eigenvalue weighted by Crippen LogP contribution is 2.24. The van der Waals surface area contributed by atoms with Gasteiger partial charge in [-0.25, -0.2) is 0 Å². The van der Waals surface area contributed by atoms with Gasteiger partial charge in [0, 0.05) is 5.56 Å². The highest BCUT2D eigenvalue weighted by molar-refractivity contribution is 5.69. The first-order valence-electron chi connectivity index (χ1n) is 3.84. The standard InChI is InChI=1S/C9H8O4/c10-8(11)9-12-5-6-3-1-2-4-7(6)13-9/h1-4,9H,5H2,(H,10,11)/p-1. The molecule has 1 heterocycles. The molecule has 1 aliphatic heterocycles. The van der Waals surface area contributed by atoms with Gasteiger partial charge in [0.05, 0.1) is 6.61 Å². The summed E-state index contributed by atoms with van der Waals surface area (Å²) in [6.45, 7) is 0.245. The summed E-state index contributed by atoms with van der Waals surface area (Å²) in [6.07, 6.45) is -1.28. The van der Waals surface area contributed by atoms with E-state index >= 15 is 0 Å². The van der Waals surface area contributed by atoms with Crippen LogP contribution in [0.15, 0.2) is 24.3 Å². The zero-order valence-corrected chi connectivity index (χ0v) is 6.73. The van der Waals surface area contributed by atoms with E-state index in [9.17, 15) is 9.90 Å². The predicted molar refractivity (Wildman–Crippen MR) is 40.7 cm³/mol. The molecule has 0 fully saturated rings. The molecule has 0 saturated heterocycles. The van der Waals surface area contributed by atoms with Crippen LogP contribution in [0.1, 0.15) is 5.56 Å². The Morgan fingerprint density at radius 3 is 3.00 bits per heavy atom. The first kappa shape index (κ1) is 8.07. The topological polar surface area (TPSA) is 58.6 Å². The van der Waals surface area contributed by atoms with E-state index in [1.807, 2.05) is 12.1 Å². The van der Waals surface area contributed by atoms with E-state index < -0.39 is 12.3 Å². The maximum absolute atomic E-state index is 10.4. The molecule has 0 aromatic heterocycles. The van der Waals surface area contributed by atoms with E-state index in [2.05, 4.69) is 0 Å². The minimum Gasteiger partial charge on any atom is -0.544 e. The molecular weight excluding hydrogens is 172 g/mol. The Hall–Kier alpha value is -1.55. The van der Waals surface area contributed by atoms with Gasteiger partial charge in [-0.05, 0) is 6.07 Å². The Morgan fingerprint density at radius 2 is 2.23 bits per heavy atom. The molecule has 1 aromatic rings. The molecule has 1 aliphatic rings. The fourth-order valence-electron chi connectivity index (χ4n) is 1.17. The number of carbonyl (C=O) groups is 1. The molecule has 13 heavy (non-hydrogen) atoms. The van der Waals surface area contributed by atoms with Gasteiger partial charge in [0.25, 0.3) is 0 Å². The van der Waals surface area contributed by atoms with Crippen molar-refractivity contribution in [2.24, 2.45) is 0 Å². The van der Waals surface area contributed by atoms with E-state index in [1.54, 1.807) is 12.1 Å². The van der Waals surface area contributed by atoms with Gasteiger partial charge in [0.2, 0.25) is 6.29 Å². The minimum atomic E-state index is -1.35. The van der Waals surface area contributed by atoms with E-state index in [0.29, 0.717) is 5.75 Å². The third-order valence-corrected chi connectivity index (χ3v) is 1.79. The molecule has 0 aliphatic carbocycles. The van der Waals surface area contributed by atoms with Crippen molar-refractivity contribution in [2.75, 3.05) is 0 Å². The third-order valence-electron chi connectivity index (χ3n) is 1.79. The minimum absolute atomic E-state index is 0.245. The summed E-state index contributed by atoms with van der Waals surface area (Å²) in [5.74, 6) is -0.808. The largest absolute Gasteiger partial charge is 0.544 e. The van der Waals surface area contributed by atoms with Gasteiger partial charge in [-0.15, -0.1) is 0 Å². The Bertz CT molecular complexity index is 334. The van der Waals surface area contributed by atoms with Gasteiger partial charge in [-0.3, -0.25) is 0 Å². The Labute approximate surface area is 74.7 Å². The second-order valence-electron chi connectivity index (χ2n) is 2.69. The maximum Gasteiger partial charge on any atom is 0.241 e. The first-order chi connectivity index (χ1) is 6.27. The molecule has 4 nitrogen and oxygen atoms in total. The molecule has 2 rings (SSSR count). The number of carboxylic acids is 1. The Morgan fingerprint density at radius 1 is 1.46 bits per heavy atom. The lowest BCUT2D eigenvalue weighted by atomic mass is 10.2. The summed E-state index contributed by atoms with van der Waals surface area (Å²) >= 11 is 0. The van der Waals surface area contributed by atoms with Crippen molar-refractivity contribution in [3.63, 3.8) is 0 Å². The Balaban J connectivity index is 2.24. The second kappa shape index (κ2) is 3.06. The first-order valence-corrected chi connectivity index (χ1v) is 3.84. The highest BCUT2D eigenvalue weighted by atomic mass is 16.7. The third kappa shape index (κ3) is 1.48. The summed E-state index contributed by atoms with van der Waals surface area (Å²) in [5.41, 5.74) is 0.847. The monoisotopic (exact) mass is 179 g/mol. The number of aliphatic carboxylic acids is 1. The average molecular weight is 179 g/mol. The molecule has 4 heteroatoms. The smallest absolute Gasteiger partial charge is 0.241 e. The van der Waals surface area contributed by atoms with E-state index in [-0.39, 0.29) is 6.61 Å². The number of ether oxygens (including phenoxy) is 2. The van der Waals surface area contributed by atoms with Crippen LogP contribution in [-0.4, -0.2) is 12.3 Å².